The highest BCUT2D eigenvalue weighted by Crippen LogP contribution is 2.38. The maximum atomic E-state index is 9.73. The predicted molar refractivity (Wildman–Crippen MR) is 82.5 cm³/mol. The lowest BCUT2D eigenvalue weighted by molar-refractivity contribution is 0.118. The van der Waals surface area contributed by atoms with Gasteiger partial charge in [0.2, 0.25) is 4.38 Å². The Balaban J connectivity index is 2.19. The summed E-state index contributed by atoms with van der Waals surface area (Å²) in [6.45, 7) is 0. The highest BCUT2D eigenvalue weighted by atomic mass is 32.2. The van der Waals surface area contributed by atoms with Gasteiger partial charge in [-0.2, -0.15) is 0 Å². The number of hydrazone groups is 2. The number of hydrogen-bond donors (Lipinski definition) is 6. The number of hydrazine groups is 4. The van der Waals surface area contributed by atoms with E-state index < -0.39 is 11.3 Å². The van der Waals surface area contributed by atoms with Gasteiger partial charge in [0.15, 0.2) is 10.3 Å². The summed E-state index contributed by atoms with van der Waals surface area (Å²) in [6.07, 6.45) is 0. The molecule has 0 unspecified atom stereocenters. The molecular formula is C5H12N8OS4. The topological polar surface area (TPSA) is 82.0 Å². The lowest BCUT2D eigenvalue weighted by atomic mass is 11.1. The first-order valence-corrected chi connectivity index (χ1v) is 7.13. The molecule has 0 radical (unpaired) electrons. The fourth-order valence-electron chi connectivity index (χ4n) is 1.21. The minimum Gasteiger partial charge on any atom is -0.494 e. The monoisotopic (exact) mass is 328 g/mol. The molecule has 0 spiro atoms. The van der Waals surface area contributed by atoms with E-state index in [1.54, 1.807) is 33.2 Å². The minimum absolute atomic E-state index is 0.208. The lowest BCUT2D eigenvalue weighted by Gasteiger charge is -2.39. The van der Waals surface area contributed by atoms with Gasteiger partial charge >= 0.3 is 0 Å². The van der Waals surface area contributed by atoms with Gasteiger partial charge in [-0.25, -0.2) is 11.1 Å². The first-order chi connectivity index (χ1) is 8.43. The Kier molecular flexibility index (Phi) is 3.98. The van der Waals surface area contributed by atoms with E-state index in [0.29, 0.717) is 10.3 Å². The molecule has 0 aromatic heterocycles. The summed E-state index contributed by atoms with van der Waals surface area (Å²) in [5.74, 6) is 0. The van der Waals surface area contributed by atoms with Crippen LogP contribution in [0.1, 0.15) is 0 Å². The predicted octanol–water partition coefficient (Wildman–Crippen LogP) is -0.604. The van der Waals surface area contributed by atoms with Crippen molar-refractivity contribution in [2.75, 3.05) is 14.1 Å². The molecule has 0 bridgehead atoms. The van der Waals surface area contributed by atoms with Crippen molar-refractivity contribution in [1.29, 1.82) is 0 Å². The summed E-state index contributed by atoms with van der Waals surface area (Å²) in [5, 5.41) is 21.7. The fourth-order valence-corrected chi connectivity index (χ4v) is 3.50. The van der Waals surface area contributed by atoms with Crippen molar-refractivity contribution < 1.29 is 5.11 Å². The first kappa shape index (κ1) is 13.8. The van der Waals surface area contributed by atoms with Crippen LogP contribution in [0, 0.1) is 0 Å². The van der Waals surface area contributed by atoms with E-state index >= 15 is 0 Å². The van der Waals surface area contributed by atoms with Crippen LogP contribution >= 0.6 is 48.7 Å². The smallest absolute Gasteiger partial charge is 0.229 e. The molecule has 0 aliphatic carbocycles. The molecule has 102 valence electrons. The molecular weight excluding hydrogens is 316 g/mol. The summed E-state index contributed by atoms with van der Waals surface area (Å²) < 4.78 is 2.89. The zero-order valence-corrected chi connectivity index (χ0v) is 12.9. The third-order valence-corrected chi connectivity index (χ3v) is 5.20. The molecule has 0 aromatic carbocycles. The molecule has 9 nitrogen and oxygen atoms in total. The first-order valence-electron chi connectivity index (χ1n) is 4.58. The Morgan fingerprint density at radius 3 is 1.78 bits per heavy atom. The standard InChI is InChI=1S/C5H12N8OS4/c1-10-3(15)6-8-12(10)18(5(14)17)13-9-7-4(16)11(13)2/h8-9,18H,1-2H3,(H,6,15)(H,7,16)(H,14,17). The second kappa shape index (κ2) is 5.18. The van der Waals surface area contributed by atoms with Crippen molar-refractivity contribution in [2.45, 2.75) is 0 Å². The molecule has 0 aromatic rings. The van der Waals surface area contributed by atoms with Gasteiger partial charge in [0, 0.05) is 25.4 Å². The van der Waals surface area contributed by atoms with E-state index in [-0.39, 0.29) is 4.38 Å². The van der Waals surface area contributed by atoms with Crippen LogP contribution in [0.2, 0.25) is 0 Å². The maximum Gasteiger partial charge on any atom is 0.229 e. The van der Waals surface area contributed by atoms with Crippen LogP contribution in [0.15, 0.2) is 10.2 Å². The zero-order chi connectivity index (χ0) is 13.4. The Bertz CT molecular complexity index is 396. The molecule has 2 rings (SSSR count). The van der Waals surface area contributed by atoms with Crippen LogP contribution in [0.3, 0.4) is 0 Å². The van der Waals surface area contributed by atoms with Crippen LogP contribution in [-0.2, 0) is 0 Å². The highest BCUT2D eigenvalue weighted by molar-refractivity contribution is 8.32. The number of thiol groups is 3. The van der Waals surface area contributed by atoms with Crippen LogP contribution in [0.4, 0.5) is 0 Å². The second-order valence-corrected chi connectivity index (χ2v) is 6.47. The van der Waals surface area contributed by atoms with Crippen molar-refractivity contribution in [3.05, 3.63) is 0 Å². The molecule has 13 heteroatoms. The molecule has 0 saturated carbocycles. The van der Waals surface area contributed by atoms with Gasteiger partial charge in [-0.1, -0.05) is 9.05 Å². The molecule has 2 aliphatic heterocycles. The Morgan fingerprint density at radius 2 is 1.56 bits per heavy atom. The third-order valence-electron chi connectivity index (χ3n) is 2.16. The van der Waals surface area contributed by atoms with E-state index in [2.05, 4.69) is 46.5 Å². The average Bonchev–Trinajstić information content (AvgIpc) is 2.79. The number of rotatable bonds is 2. The molecule has 2 aliphatic rings. The van der Waals surface area contributed by atoms with Crippen LogP contribution in [-0.4, -0.2) is 53.0 Å². The van der Waals surface area contributed by atoms with Gasteiger partial charge < -0.3 is 5.11 Å². The quantitative estimate of drug-likeness (QED) is 0.296. The minimum atomic E-state index is -1.50. The Morgan fingerprint density at radius 1 is 1.17 bits per heavy atom. The average molecular weight is 328 g/mol. The van der Waals surface area contributed by atoms with E-state index in [9.17, 15) is 5.11 Å². The number of nitrogens with one attached hydrogen (secondary N) is 2. The van der Waals surface area contributed by atoms with Gasteiger partial charge in [-0.3, -0.25) is 10.0 Å². The largest absolute Gasteiger partial charge is 0.494 e. The molecule has 0 saturated heterocycles. The van der Waals surface area contributed by atoms with Crippen molar-refractivity contribution in [3.8, 4) is 0 Å². The molecule has 2 heterocycles. The van der Waals surface area contributed by atoms with E-state index in [0.717, 1.165) is 0 Å². The Hall–Kier alpha value is -0.600. The summed E-state index contributed by atoms with van der Waals surface area (Å²) in [4.78, 5) is 0. The van der Waals surface area contributed by atoms with E-state index in [4.69, 9.17) is 12.2 Å². The number of aliphatic hydroxyl groups excluding tert-OH is 1. The number of thiocarbonyl (C=S) groups is 1. The number of nitrogens with zero attached hydrogens (tertiary/aromatic N) is 6. The summed E-state index contributed by atoms with van der Waals surface area (Å²) in [6, 6.07) is 0. The summed E-state index contributed by atoms with van der Waals surface area (Å²) in [5.41, 5.74) is 5.44. The van der Waals surface area contributed by atoms with Gasteiger partial charge in [0.25, 0.3) is 0 Å². The zero-order valence-electron chi connectivity index (χ0n) is 9.38. The van der Waals surface area contributed by atoms with Crippen molar-refractivity contribution in [1.82, 2.24) is 30.1 Å². The molecule has 0 amide bonds. The van der Waals surface area contributed by atoms with Gasteiger partial charge in [-0.05, 0) is 12.2 Å². The number of aliphatic hydroxyl groups is 1. The van der Waals surface area contributed by atoms with Crippen LogP contribution in [0.5, 0.6) is 0 Å². The molecule has 0 atom stereocenters. The summed E-state index contributed by atoms with van der Waals surface area (Å²) in [7, 11) is 3.47. The fraction of sp³-hybridized carbons (Fsp3) is 0.400. The maximum absolute atomic E-state index is 9.73. The van der Waals surface area contributed by atoms with Gasteiger partial charge in [0.1, 0.15) is 0 Å². The summed E-state index contributed by atoms with van der Waals surface area (Å²) >= 11 is 11.7. The van der Waals surface area contributed by atoms with Gasteiger partial charge in [-0.15, -0.1) is 35.5 Å². The van der Waals surface area contributed by atoms with Gasteiger partial charge in [0.05, 0.1) is 0 Å². The third kappa shape index (κ3) is 2.28. The molecule has 18 heavy (non-hydrogen) atoms. The van der Waals surface area contributed by atoms with Crippen LogP contribution in [0.25, 0.3) is 0 Å². The van der Waals surface area contributed by atoms with Crippen LogP contribution < -0.4 is 11.1 Å². The number of amidine groups is 2. The van der Waals surface area contributed by atoms with E-state index in [1.807, 2.05) is 0 Å². The molecule has 3 N–H and O–H groups in total. The second-order valence-electron chi connectivity index (χ2n) is 3.22. The highest BCUT2D eigenvalue weighted by Gasteiger charge is 2.37. The van der Waals surface area contributed by atoms with Crippen molar-refractivity contribution >= 4 is 63.5 Å². The SMILES string of the molecule is CN1C(S)=NNN1[SH](C(O)=S)N1NN=C(S)N1C. The van der Waals surface area contributed by atoms with Crippen molar-refractivity contribution in [2.24, 2.45) is 10.2 Å². The van der Waals surface area contributed by atoms with E-state index in [1.165, 1.54) is 0 Å². The van der Waals surface area contributed by atoms with Crippen molar-refractivity contribution in [3.63, 3.8) is 0 Å². The number of hydrogen-bond acceptors (Lipinski definition) is 9. The Labute approximate surface area is 123 Å². The lowest BCUT2D eigenvalue weighted by Crippen LogP contribution is -2.51. The molecule has 0 fully saturated rings. The normalized spacial score (nSPS) is 21.4.